The number of nitrogens with one attached hydrogen (secondary N) is 1. The molecule has 1 aromatic carbocycles. The molecule has 3 fully saturated rings. The molecule has 2 N–H and O–H groups in total. The molecule has 4 rings (SSSR count). The van der Waals surface area contributed by atoms with Crippen molar-refractivity contribution in [2.24, 2.45) is 11.8 Å². The van der Waals surface area contributed by atoms with Crippen molar-refractivity contribution in [3.63, 3.8) is 0 Å². The molecule has 0 radical (unpaired) electrons. The van der Waals surface area contributed by atoms with Crippen molar-refractivity contribution in [3.8, 4) is 0 Å². The Hall–Kier alpha value is -2.81. The third-order valence-electron chi connectivity index (χ3n) is 7.30. The number of ether oxygens (including phenoxy) is 1. The largest absolute Gasteiger partial charge is 0.443 e. The molecule has 3 atom stereocenters. The normalized spacial score (nSPS) is 27.9. The van der Waals surface area contributed by atoms with Gasteiger partial charge in [0.25, 0.3) is 0 Å². The summed E-state index contributed by atoms with van der Waals surface area (Å²) in [4.78, 5) is 44.2. The average molecular weight is 459 g/mol. The van der Waals surface area contributed by atoms with Crippen LogP contribution in [0, 0.1) is 11.8 Å². The van der Waals surface area contributed by atoms with Crippen molar-refractivity contribution in [1.82, 2.24) is 15.3 Å². The predicted molar refractivity (Wildman–Crippen MR) is 122 cm³/mol. The average Bonchev–Trinajstić information content (AvgIpc) is 3.39. The summed E-state index contributed by atoms with van der Waals surface area (Å²) in [6.07, 6.45) is 2.71. The quantitative estimate of drug-likeness (QED) is 0.530. The van der Waals surface area contributed by atoms with Gasteiger partial charge in [-0.1, -0.05) is 18.2 Å². The lowest BCUT2D eigenvalue weighted by molar-refractivity contribution is -0.152. The highest BCUT2D eigenvalue weighted by Crippen LogP contribution is 2.40. The van der Waals surface area contributed by atoms with Crippen LogP contribution in [0.4, 0.5) is 10.5 Å². The Morgan fingerprint density at radius 1 is 0.970 bits per heavy atom. The minimum absolute atomic E-state index is 0.0655. The van der Waals surface area contributed by atoms with Crippen LogP contribution in [0.15, 0.2) is 30.3 Å². The van der Waals surface area contributed by atoms with E-state index in [0.29, 0.717) is 39.0 Å². The Morgan fingerprint density at radius 2 is 1.64 bits per heavy atom. The molecule has 0 unspecified atom stereocenters. The van der Waals surface area contributed by atoms with E-state index in [1.807, 2.05) is 30.0 Å². The lowest BCUT2D eigenvalue weighted by Crippen LogP contribution is -2.55. The number of likely N-dealkylation sites (tertiary alicyclic amines) is 1. The van der Waals surface area contributed by atoms with Gasteiger partial charge in [0, 0.05) is 45.0 Å². The van der Waals surface area contributed by atoms with Gasteiger partial charge in [-0.3, -0.25) is 14.8 Å². The van der Waals surface area contributed by atoms with Gasteiger partial charge in [0.2, 0.25) is 11.8 Å². The molecule has 1 aromatic rings. The summed E-state index contributed by atoms with van der Waals surface area (Å²) < 4.78 is 5.82. The second-order valence-corrected chi connectivity index (χ2v) is 9.59. The molecule has 33 heavy (non-hydrogen) atoms. The predicted octanol–water partition coefficient (Wildman–Crippen LogP) is 2.25. The second-order valence-electron chi connectivity index (χ2n) is 9.59. The number of carbonyl (C=O) groups excluding carboxylic acids is 3. The summed E-state index contributed by atoms with van der Waals surface area (Å²) in [6.45, 7) is 5.81. The molecule has 2 aliphatic heterocycles. The number of benzene rings is 1. The molecule has 3 aliphatic rings. The SMILES string of the molecule is C[C@@]1(OC(=O)N2CCCC2)CC[C@H](C(=O)N2CCN(c3ccccc3)CC2)[C@@H](C(=O)NO)C1. The number of hydrogen-bond donors (Lipinski definition) is 2. The topological polar surface area (TPSA) is 102 Å². The van der Waals surface area contributed by atoms with Gasteiger partial charge in [0.05, 0.1) is 11.8 Å². The maximum Gasteiger partial charge on any atom is 0.410 e. The lowest BCUT2D eigenvalue weighted by atomic mass is 9.71. The molecule has 0 spiro atoms. The third-order valence-corrected chi connectivity index (χ3v) is 7.30. The summed E-state index contributed by atoms with van der Waals surface area (Å²) >= 11 is 0. The molecule has 0 bridgehead atoms. The van der Waals surface area contributed by atoms with E-state index in [1.165, 1.54) is 0 Å². The standard InChI is InChI=1S/C24H34N4O5/c1-24(33-23(31)28-11-5-6-12-28)10-9-19(20(17-24)21(29)25-32)22(30)27-15-13-26(14-16-27)18-7-3-2-4-8-18/h2-4,7-8,19-20,32H,5-6,9-17H2,1H3,(H,25,29)/t19-,20-,24+/m0/s1. The van der Waals surface area contributed by atoms with E-state index in [1.54, 1.807) is 10.4 Å². The number of rotatable bonds is 4. The van der Waals surface area contributed by atoms with Gasteiger partial charge in [0.15, 0.2) is 0 Å². The Labute approximate surface area is 194 Å². The van der Waals surface area contributed by atoms with Crippen molar-refractivity contribution in [2.45, 2.75) is 44.6 Å². The van der Waals surface area contributed by atoms with Gasteiger partial charge < -0.3 is 19.4 Å². The Bertz CT molecular complexity index is 852. The van der Waals surface area contributed by atoms with Crippen molar-refractivity contribution < 1.29 is 24.3 Å². The highest BCUT2D eigenvalue weighted by Gasteiger charge is 2.47. The number of hydrogen-bond acceptors (Lipinski definition) is 6. The van der Waals surface area contributed by atoms with E-state index >= 15 is 0 Å². The van der Waals surface area contributed by atoms with E-state index in [4.69, 9.17) is 4.74 Å². The fourth-order valence-corrected chi connectivity index (χ4v) is 5.35. The molecular formula is C24H34N4O5. The van der Waals surface area contributed by atoms with E-state index in [9.17, 15) is 19.6 Å². The molecule has 9 nitrogen and oxygen atoms in total. The molecule has 1 aliphatic carbocycles. The van der Waals surface area contributed by atoms with Gasteiger partial charge in [-0.15, -0.1) is 0 Å². The Morgan fingerprint density at radius 3 is 2.27 bits per heavy atom. The molecule has 2 saturated heterocycles. The summed E-state index contributed by atoms with van der Waals surface area (Å²) in [5.41, 5.74) is 2.02. The minimum Gasteiger partial charge on any atom is -0.443 e. The zero-order valence-corrected chi connectivity index (χ0v) is 19.2. The molecule has 180 valence electrons. The number of hydroxylamine groups is 1. The second kappa shape index (κ2) is 9.99. The first-order valence-corrected chi connectivity index (χ1v) is 11.9. The van der Waals surface area contributed by atoms with Crippen molar-refractivity contribution >= 4 is 23.6 Å². The first-order chi connectivity index (χ1) is 15.9. The Balaban J connectivity index is 1.39. The number of para-hydroxylation sites is 1. The van der Waals surface area contributed by atoms with Crippen LogP contribution in [0.3, 0.4) is 0 Å². The van der Waals surface area contributed by atoms with Gasteiger partial charge in [-0.25, -0.2) is 10.3 Å². The van der Waals surface area contributed by atoms with Crippen LogP contribution in [0.25, 0.3) is 0 Å². The zero-order valence-electron chi connectivity index (χ0n) is 19.2. The zero-order chi connectivity index (χ0) is 23.4. The van der Waals surface area contributed by atoms with Crippen LogP contribution < -0.4 is 10.4 Å². The summed E-state index contributed by atoms with van der Waals surface area (Å²) in [7, 11) is 0. The van der Waals surface area contributed by atoms with Crippen LogP contribution in [0.1, 0.15) is 39.0 Å². The summed E-state index contributed by atoms with van der Waals surface area (Å²) in [6, 6.07) is 10.1. The van der Waals surface area contributed by atoms with E-state index in [-0.39, 0.29) is 18.4 Å². The number of anilines is 1. The van der Waals surface area contributed by atoms with Gasteiger partial charge in [0.1, 0.15) is 5.60 Å². The molecule has 0 aromatic heterocycles. The van der Waals surface area contributed by atoms with Crippen molar-refractivity contribution in [1.29, 1.82) is 0 Å². The first-order valence-electron chi connectivity index (χ1n) is 11.9. The van der Waals surface area contributed by atoms with Crippen LogP contribution in [-0.2, 0) is 14.3 Å². The highest BCUT2D eigenvalue weighted by molar-refractivity contribution is 5.88. The lowest BCUT2D eigenvalue weighted by Gasteiger charge is -2.43. The molecule has 9 heteroatoms. The summed E-state index contributed by atoms with van der Waals surface area (Å²) in [5, 5.41) is 9.34. The van der Waals surface area contributed by atoms with Crippen molar-refractivity contribution in [2.75, 3.05) is 44.2 Å². The monoisotopic (exact) mass is 458 g/mol. The molecule has 3 amide bonds. The van der Waals surface area contributed by atoms with Crippen LogP contribution in [-0.4, -0.2) is 77.8 Å². The van der Waals surface area contributed by atoms with Crippen molar-refractivity contribution in [3.05, 3.63) is 30.3 Å². The summed E-state index contributed by atoms with van der Waals surface area (Å²) in [5.74, 6) is -1.96. The Kier molecular flexibility index (Phi) is 7.07. The van der Waals surface area contributed by atoms with E-state index < -0.39 is 23.3 Å². The van der Waals surface area contributed by atoms with Crippen LogP contribution in [0.5, 0.6) is 0 Å². The van der Waals surface area contributed by atoms with Gasteiger partial charge in [-0.2, -0.15) is 0 Å². The minimum atomic E-state index is -0.848. The van der Waals surface area contributed by atoms with Gasteiger partial charge in [-0.05, 0) is 51.2 Å². The van der Waals surface area contributed by atoms with E-state index in [2.05, 4.69) is 17.0 Å². The third kappa shape index (κ3) is 5.24. The molecule has 1 saturated carbocycles. The molecule has 2 heterocycles. The fourth-order valence-electron chi connectivity index (χ4n) is 5.35. The maximum atomic E-state index is 13.4. The fraction of sp³-hybridized carbons (Fsp3) is 0.625. The number of amides is 3. The number of piperazine rings is 1. The molecular weight excluding hydrogens is 424 g/mol. The maximum absolute atomic E-state index is 13.4. The number of nitrogens with zero attached hydrogens (tertiary/aromatic N) is 3. The van der Waals surface area contributed by atoms with E-state index in [0.717, 1.165) is 31.6 Å². The highest BCUT2D eigenvalue weighted by atomic mass is 16.6. The van der Waals surface area contributed by atoms with Gasteiger partial charge >= 0.3 is 6.09 Å². The smallest absolute Gasteiger partial charge is 0.410 e. The number of carbonyl (C=O) groups is 3. The van der Waals surface area contributed by atoms with Crippen LogP contribution >= 0.6 is 0 Å². The van der Waals surface area contributed by atoms with Crippen LogP contribution in [0.2, 0.25) is 0 Å². The first kappa shape index (κ1) is 23.4.